The van der Waals surface area contributed by atoms with Crippen molar-refractivity contribution in [2.75, 3.05) is 5.32 Å². The third kappa shape index (κ3) is 1.78. The normalized spacial score (nSPS) is 21.4. The average Bonchev–Trinajstić information content (AvgIpc) is 2.97. The van der Waals surface area contributed by atoms with Crippen LogP contribution in [0.5, 0.6) is 0 Å². The quantitative estimate of drug-likeness (QED) is 0.882. The first-order chi connectivity index (χ1) is 9.65. The molecule has 0 unspecified atom stereocenters. The third-order valence-electron chi connectivity index (χ3n) is 5.30. The monoisotopic (exact) mass is 271 g/mol. The summed E-state index contributed by atoms with van der Waals surface area (Å²) in [5.74, 6) is 0. The van der Waals surface area contributed by atoms with Crippen LogP contribution in [-0.4, -0.2) is 15.6 Å². The first kappa shape index (κ1) is 12.1. The molecule has 0 bridgehead atoms. The van der Waals surface area contributed by atoms with E-state index < -0.39 is 0 Å². The van der Waals surface area contributed by atoms with Crippen LogP contribution < -0.4 is 11.0 Å². The minimum atomic E-state index is -0.0503. The van der Waals surface area contributed by atoms with Crippen molar-refractivity contribution < 1.29 is 0 Å². The molecule has 0 saturated heterocycles. The third-order valence-corrected chi connectivity index (χ3v) is 5.30. The Bertz CT molecular complexity index is 698. The van der Waals surface area contributed by atoms with Crippen LogP contribution >= 0.6 is 0 Å². The smallest absolute Gasteiger partial charge is 0.326 e. The highest BCUT2D eigenvalue weighted by Crippen LogP contribution is 2.53. The Morgan fingerprint density at radius 1 is 1.30 bits per heavy atom. The van der Waals surface area contributed by atoms with Gasteiger partial charge < -0.3 is 10.3 Å². The number of nitrogens with zero attached hydrogens (tertiary/aromatic N) is 1. The fourth-order valence-electron chi connectivity index (χ4n) is 4.17. The zero-order chi connectivity index (χ0) is 13.7. The second-order valence-electron chi connectivity index (χ2n) is 6.68. The number of imidazole rings is 1. The lowest BCUT2D eigenvalue weighted by atomic mass is 9.64. The van der Waals surface area contributed by atoms with Crippen molar-refractivity contribution >= 4 is 16.7 Å². The Morgan fingerprint density at radius 3 is 2.80 bits per heavy atom. The van der Waals surface area contributed by atoms with Gasteiger partial charge in [-0.1, -0.05) is 12.8 Å². The van der Waals surface area contributed by atoms with Gasteiger partial charge in [0.05, 0.1) is 11.0 Å². The molecule has 2 fully saturated rings. The Kier molecular flexibility index (Phi) is 2.50. The number of H-pyrrole nitrogens is 1. The van der Waals surface area contributed by atoms with Crippen LogP contribution in [0.3, 0.4) is 0 Å². The van der Waals surface area contributed by atoms with E-state index in [-0.39, 0.29) is 5.69 Å². The van der Waals surface area contributed by atoms with E-state index in [1.54, 1.807) is 4.57 Å². The lowest BCUT2D eigenvalue weighted by Crippen LogP contribution is -2.43. The van der Waals surface area contributed by atoms with E-state index in [2.05, 4.69) is 22.4 Å². The molecule has 1 aromatic heterocycles. The predicted molar refractivity (Wildman–Crippen MR) is 81.1 cm³/mol. The van der Waals surface area contributed by atoms with Crippen molar-refractivity contribution in [1.82, 2.24) is 9.55 Å². The van der Waals surface area contributed by atoms with Crippen molar-refractivity contribution in [3.8, 4) is 0 Å². The molecule has 0 aliphatic heterocycles. The zero-order valence-electron chi connectivity index (χ0n) is 11.9. The van der Waals surface area contributed by atoms with Crippen molar-refractivity contribution in [3.05, 3.63) is 28.7 Å². The van der Waals surface area contributed by atoms with Crippen LogP contribution in [0, 0.1) is 5.41 Å². The highest BCUT2D eigenvalue weighted by molar-refractivity contribution is 5.79. The number of aromatic amines is 1. The second-order valence-corrected chi connectivity index (χ2v) is 6.68. The minimum Gasteiger partial charge on any atom is -0.382 e. The first-order valence-corrected chi connectivity index (χ1v) is 7.61. The summed E-state index contributed by atoms with van der Waals surface area (Å²) in [6, 6.07) is 6.75. The van der Waals surface area contributed by atoms with Gasteiger partial charge in [-0.25, -0.2) is 4.79 Å². The maximum atomic E-state index is 11.6. The summed E-state index contributed by atoms with van der Waals surface area (Å²) in [4.78, 5) is 14.5. The summed E-state index contributed by atoms with van der Waals surface area (Å²) in [5.41, 5.74) is 3.62. The van der Waals surface area contributed by atoms with Gasteiger partial charge in [-0.2, -0.15) is 0 Å². The number of hydrogen-bond acceptors (Lipinski definition) is 2. The Labute approximate surface area is 118 Å². The number of aromatic nitrogens is 2. The average molecular weight is 271 g/mol. The topological polar surface area (TPSA) is 49.8 Å². The van der Waals surface area contributed by atoms with Crippen molar-refractivity contribution in [2.24, 2.45) is 12.5 Å². The molecule has 2 aliphatic carbocycles. The van der Waals surface area contributed by atoms with Gasteiger partial charge in [0.15, 0.2) is 0 Å². The van der Waals surface area contributed by atoms with Gasteiger partial charge in [0.25, 0.3) is 0 Å². The number of nitrogens with one attached hydrogen (secondary N) is 2. The molecule has 2 aliphatic rings. The SMILES string of the molecule is Cn1c(=O)[nH]c2ccc(NC3CC4(CCCC4)C3)cc21. The highest BCUT2D eigenvalue weighted by Gasteiger charge is 2.45. The maximum Gasteiger partial charge on any atom is 0.326 e. The summed E-state index contributed by atoms with van der Waals surface area (Å²) in [5, 5.41) is 3.63. The highest BCUT2D eigenvalue weighted by atomic mass is 16.1. The number of aryl methyl sites for hydroxylation is 1. The van der Waals surface area contributed by atoms with Crippen LogP contribution in [0.1, 0.15) is 38.5 Å². The molecule has 4 rings (SSSR count). The molecule has 106 valence electrons. The lowest BCUT2D eigenvalue weighted by molar-refractivity contribution is 0.124. The standard InChI is InChI=1S/C16H21N3O/c1-19-14-8-11(4-5-13(14)18-15(19)20)17-12-9-16(10-12)6-2-3-7-16/h4-5,8,12,17H,2-3,6-7,9-10H2,1H3,(H,18,20). The number of anilines is 1. The van der Waals surface area contributed by atoms with Gasteiger partial charge in [0, 0.05) is 18.8 Å². The Morgan fingerprint density at radius 2 is 2.05 bits per heavy atom. The number of fused-ring (bicyclic) bond motifs is 1. The molecule has 2 saturated carbocycles. The summed E-state index contributed by atoms with van der Waals surface area (Å²) >= 11 is 0. The molecule has 1 aromatic carbocycles. The van der Waals surface area contributed by atoms with E-state index in [9.17, 15) is 4.79 Å². The Hall–Kier alpha value is -1.71. The van der Waals surface area contributed by atoms with E-state index >= 15 is 0 Å². The van der Waals surface area contributed by atoms with Gasteiger partial charge in [0.2, 0.25) is 0 Å². The van der Waals surface area contributed by atoms with Crippen molar-refractivity contribution in [2.45, 2.75) is 44.6 Å². The molecule has 4 heteroatoms. The molecule has 20 heavy (non-hydrogen) atoms. The summed E-state index contributed by atoms with van der Waals surface area (Å²) in [7, 11) is 1.81. The van der Waals surface area contributed by atoms with E-state index in [0.717, 1.165) is 16.7 Å². The fourth-order valence-corrected chi connectivity index (χ4v) is 4.17. The zero-order valence-corrected chi connectivity index (χ0v) is 11.9. The molecule has 0 atom stereocenters. The fraction of sp³-hybridized carbons (Fsp3) is 0.562. The summed E-state index contributed by atoms with van der Waals surface area (Å²) < 4.78 is 1.67. The maximum absolute atomic E-state index is 11.6. The van der Waals surface area contributed by atoms with Gasteiger partial charge in [0.1, 0.15) is 0 Å². The molecule has 1 heterocycles. The van der Waals surface area contributed by atoms with Crippen LogP contribution in [0.4, 0.5) is 5.69 Å². The lowest BCUT2D eigenvalue weighted by Gasteiger charge is -2.46. The first-order valence-electron chi connectivity index (χ1n) is 7.61. The van der Waals surface area contributed by atoms with Crippen LogP contribution in [-0.2, 0) is 7.05 Å². The molecular weight excluding hydrogens is 250 g/mol. The van der Waals surface area contributed by atoms with Gasteiger partial charge in [-0.3, -0.25) is 4.57 Å². The van der Waals surface area contributed by atoms with Gasteiger partial charge in [-0.15, -0.1) is 0 Å². The molecule has 0 radical (unpaired) electrons. The van der Waals surface area contributed by atoms with Gasteiger partial charge >= 0.3 is 5.69 Å². The number of rotatable bonds is 2. The second kappa shape index (κ2) is 4.14. The molecule has 1 spiro atoms. The van der Waals surface area contributed by atoms with Crippen molar-refractivity contribution in [1.29, 1.82) is 0 Å². The molecule has 4 nitrogen and oxygen atoms in total. The molecule has 2 N–H and O–H groups in total. The largest absolute Gasteiger partial charge is 0.382 e. The number of hydrogen-bond donors (Lipinski definition) is 2. The Balaban J connectivity index is 1.52. The summed E-state index contributed by atoms with van der Waals surface area (Å²) in [6.45, 7) is 0. The minimum absolute atomic E-state index is 0.0503. The summed E-state index contributed by atoms with van der Waals surface area (Å²) in [6.07, 6.45) is 8.33. The van der Waals surface area contributed by atoms with E-state index in [0.29, 0.717) is 11.5 Å². The number of benzene rings is 1. The molecule has 2 aromatic rings. The van der Waals surface area contributed by atoms with Crippen LogP contribution in [0.15, 0.2) is 23.0 Å². The predicted octanol–water partition coefficient (Wildman–Crippen LogP) is 3.00. The van der Waals surface area contributed by atoms with Crippen LogP contribution in [0.25, 0.3) is 11.0 Å². The van der Waals surface area contributed by atoms with Crippen molar-refractivity contribution in [3.63, 3.8) is 0 Å². The van der Waals surface area contributed by atoms with Crippen LogP contribution in [0.2, 0.25) is 0 Å². The molecule has 0 amide bonds. The molecular formula is C16H21N3O. The van der Waals surface area contributed by atoms with E-state index in [1.807, 2.05) is 13.1 Å². The van der Waals surface area contributed by atoms with E-state index in [4.69, 9.17) is 0 Å². The van der Waals surface area contributed by atoms with Gasteiger partial charge in [-0.05, 0) is 49.3 Å². The van der Waals surface area contributed by atoms with E-state index in [1.165, 1.54) is 38.5 Å².